The van der Waals surface area contributed by atoms with Crippen molar-refractivity contribution in [3.05, 3.63) is 34.8 Å². The topological polar surface area (TPSA) is 92.8 Å². The third-order valence-electron chi connectivity index (χ3n) is 4.01. The molecule has 1 N–H and O–H groups in total. The minimum Gasteiger partial charge on any atom is -0.481 e. The Morgan fingerprint density at radius 1 is 1.30 bits per heavy atom. The fourth-order valence-corrected chi connectivity index (χ4v) is 2.78. The van der Waals surface area contributed by atoms with Gasteiger partial charge in [0.2, 0.25) is 5.91 Å². The van der Waals surface area contributed by atoms with Gasteiger partial charge in [-0.15, -0.1) is 12.4 Å². The van der Waals surface area contributed by atoms with E-state index in [-0.39, 0.29) is 37.8 Å². The van der Waals surface area contributed by atoms with Crippen molar-refractivity contribution in [2.24, 2.45) is 5.92 Å². The van der Waals surface area contributed by atoms with Gasteiger partial charge in [0.1, 0.15) is 0 Å². The van der Waals surface area contributed by atoms with E-state index in [0.717, 1.165) is 0 Å². The Hall–Kier alpha value is -2.28. The highest BCUT2D eigenvalue weighted by atomic mass is 35.5. The summed E-state index contributed by atoms with van der Waals surface area (Å²) in [7, 11) is 0. The number of hydrogen-bond acceptors (Lipinski definition) is 4. The van der Waals surface area contributed by atoms with Crippen LogP contribution in [0.1, 0.15) is 12.8 Å². The predicted molar refractivity (Wildman–Crippen MR) is 84.7 cm³/mol. The van der Waals surface area contributed by atoms with Gasteiger partial charge in [0.25, 0.3) is 0 Å². The highest BCUT2D eigenvalue weighted by molar-refractivity contribution is 5.85. The van der Waals surface area contributed by atoms with Crippen LogP contribution in [0.15, 0.2) is 33.5 Å². The van der Waals surface area contributed by atoms with Crippen molar-refractivity contribution >= 4 is 35.4 Å². The van der Waals surface area contributed by atoms with Crippen LogP contribution in [0, 0.1) is 5.92 Å². The van der Waals surface area contributed by atoms with Crippen LogP contribution in [0.2, 0.25) is 0 Å². The van der Waals surface area contributed by atoms with Gasteiger partial charge in [-0.05, 0) is 18.6 Å². The average Bonchev–Trinajstić information content (AvgIpc) is 3.09. The second-order valence-corrected chi connectivity index (χ2v) is 5.40. The van der Waals surface area contributed by atoms with E-state index in [9.17, 15) is 14.4 Å². The van der Waals surface area contributed by atoms with Crippen LogP contribution in [-0.2, 0) is 16.1 Å². The largest absolute Gasteiger partial charge is 0.481 e. The van der Waals surface area contributed by atoms with Gasteiger partial charge in [0, 0.05) is 26.1 Å². The molecule has 1 aromatic carbocycles. The Labute approximate surface area is 137 Å². The van der Waals surface area contributed by atoms with Crippen molar-refractivity contribution in [2.75, 3.05) is 13.1 Å². The van der Waals surface area contributed by atoms with Crippen molar-refractivity contribution in [3.8, 4) is 0 Å². The molecule has 8 heteroatoms. The molecule has 1 amide bonds. The number of carboxylic acid groups (broad SMARTS) is 1. The molecule has 1 saturated heterocycles. The number of aromatic nitrogens is 1. The van der Waals surface area contributed by atoms with E-state index in [2.05, 4.69) is 0 Å². The zero-order valence-corrected chi connectivity index (χ0v) is 13.1. The highest BCUT2D eigenvalue weighted by Crippen LogP contribution is 2.18. The Morgan fingerprint density at radius 2 is 2.04 bits per heavy atom. The molecule has 1 fully saturated rings. The highest BCUT2D eigenvalue weighted by Gasteiger charge is 2.30. The number of carboxylic acids is 1. The minimum atomic E-state index is -0.868. The standard InChI is InChI=1S/C15H16N2O5.ClH/c18-13(16-7-5-10(9-16)14(19)20)6-8-17-11-3-1-2-4-12(11)22-15(17)21;/h1-4,10H,5-9H2,(H,19,20);1H. The number of rotatable bonds is 4. The summed E-state index contributed by atoms with van der Waals surface area (Å²) >= 11 is 0. The normalized spacial score (nSPS) is 17.2. The molecule has 0 saturated carbocycles. The maximum Gasteiger partial charge on any atom is 0.419 e. The quantitative estimate of drug-likeness (QED) is 0.906. The van der Waals surface area contributed by atoms with Crippen molar-refractivity contribution in [2.45, 2.75) is 19.4 Å². The van der Waals surface area contributed by atoms with Gasteiger partial charge in [0.05, 0.1) is 11.4 Å². The summed E-state index contributed by atoms with van der Waals surface area (Å²) in [4.78, 5) is 36.4. The molecule has 0 radical (unpaired) electrons. The molecule has 1 atom stereocenters. The number of likely N-dealkylation sites (tertiary alicyclic amines) is 1. The number of oxazole rings is 1. The molecular formula is C15H17ClN2O5. The number of carbonyl (C=O) groups excluding carboxylic acids is 1. The fourth-order valence-electron chi connectivity index (χ4n) is 2.78. The summed E-state index contributed by atoms with van der Waals surface area (Å²) < 4.78 is 6.54. The number of carbonyl (C=O) groups is 2. The van der Waals surface area contributed by atoms with Crippen LogP contribution >= 0.6 is 12.4 Å². The van der Waals surface area contributed by atoms with Gasteiger partial charge < -0.3 is 14.4 Å². The first-order chi connectivity index (χ1) is 10.6. The zero-order valence-electron chi connectivity index (χ0n) is 12.3. The molecule has 23 heavy (non-hydrogen) atoms. The molecule has 124 valence electrons. The van der Waals surface area contributed by atoms with Crippen molar-refractivity contribution in [1.82, 2.24) is 9.47 Å². The number of aliphatic carboxylic acids is 1. The Balaban J connectivity index is 0.00000192. The van der Waals surface area contributed by atoms with Gasteiger partial charge in [0.15, 0.2) is 5.58 Å². The second kappa shape index (κ2) is 6.87. The van der Waals surface area contributed by atoms with Gasteiger partial charge in [-0.3, -0.25) is 14.2 Å². The third kappa shape index (κ3) is 3.39. The molecule has 1 unspecified atom stereocenters. The smallest absolute Gasteiger partial charge is 0.419 e. The Bertz CT molecular complexity index is 782. The third-order valence-corrected chi connectivity index (χ3v) is 4.01. The lowest BCUT2D eigenvalue weighted by molar-refractivity contribution is -0.141. The molecule has 1 aliphatic rings. The van der Waals surface area contributed by atoms with E-state index < -0.39 is 17.6 Å². The number of aryl methyl sites for hydroxylation is 1. The number of amides is 1. The number of benzene rings is 1. The zero-order chi connectivity index (χ0) is 15.7. The predicted octanol–water partition coefficient (Wildman–Crippen LogP) is 1.34. The minimum absolute atomic E-state index is 0. The fraction of sp³-hybridized carbons (Fsp3) is 0.400. The van der Waals surface area contributed by atoms with E-state index in [1.54, 1.807) is 29.2 Å². The summed E-state index contributed by atoms with van der Waals surface area (Å²) in [6.45, 7) is 0.926. The number of fused-ring (bicyclic) bond motifs is 1. The SMILES string of the molecule is Cl.O=C(O)C1CCN(C(=O)CCn2c(=O)oc3ccccc32)C1. The first-order valence-electron chi connectivity index (χ1n) is 7.15. The van der Waals surface area contributed by atoms with Gasteiger partial charge >= 0.3 is 11.7 Å². The lowest BCUT2D eigenvalue weighted by Crippen LogP contribution is -2.31. The van der Waals surface area contributed by atoms with E-state index in [1.165, 1.54) is 4.57 Å². The Morgan fingerprint density at radius 3 is 2.74 bits per heavy atom. The summed E-state index contributed by atoms with van der Waals surface area (Å²) in [6, 6.07) is 7.04. The molecular weight excluding hydrogens is 324 g/mol. The van der Waals surface area contributed by atoms with Gasteiger partial charge in [-0.1, -0.05) is 12.1 Å². The number of hydrogen-bond donors (Lipinski definition) is 1. The first kappa shape index (κ1) is 17.1. The van der Waals surface area contributed by atoms with Crippen LogP contribution in [0.4, 0.5) is 0 Å². The lowest BCUT2D eigenvalue weighted by atomic mass is 10.1. The van der Waals surface area contributed by atoms with Crippen LogP contribution in [0.25, 0.3) is 11.1 Å². The summed E-state index contributed by atoms with van der Waals surface area (Å²) in [5.41, 5.74) is 1.15. The average molecular weight is 341 g/mol. The molecule has 1 aliphatic heterocycles. The monoisotopic (exact) mass is 340 g/mol. The molecule has 0 aliphatic carbocycles. The van der Waals surface area contributed by atoms with Crippen LogP contribution in [-0.4, -0.2) is 39.5 Å². The summed E-state index contributed by atoms with van der Waals surface area (Å²) in [5.74, 6) is -1.98. The molecule has 3 rings (SSSR count). The molecule has 0 spiro atoms. The van der Waals surface area contributed by atoms with E-state index in [0.29, 0.717) is 24.1 Å². The Kier molecular flexibility index (Phi) is 5.10. The maximum absolute atomic E-state index is 12.1. The van der Waals surface area contributed by atoms with E-state index >= 15 is 0 Å². The molecule has 2 aromatic rings. The maximum atomic E-state index is 12.1. The molecule has 0 bridgehead atoms. The van der Waals surface area contributed by atoms with Crippen LogP contribution in [0.5, 0.6) is 0 Å². The first-order valence-corrected chi connectivity index (χ1v) is 7.15. The summed E-state index contributed by atoms with van der Waals surface area (Å²) in [5, 5.41) is 8.95. The second-order valence-electron chi connectivity index (χ2n) is 5.40. The number of para-hydroxylation sites is 2. The van der Waals surface area contributed by atoms with E-state index in [4.69, 9.17) is 9.52 Å². The van der Waals surface area contributed by atoms with Crippen molar-refractivity contribution < 1.29 is 19.1 Å². The van der Waals surface area contributed by atoms with Crippen LogP contribution < -0.4 is 5.76 Å². The number of halogens is 1. The van der Waals surface area contributed by atoms with Crippen molar-refractivity contribution in [3.63, 3.8) is 0 Å². The van der Waals surface area contributed by atoms with Gasteiger partial charge in [-0.25, -0.2) is 4.79 Å². The molecule has 7 nitrogen and oxygen atoms in total. The lowest BCUT2D eigenvalue weighted by Gasteiger charge is -2.15. The molecule has 2 heterocycles. The summed E-state index contributed by atoms with van der Waals surface area (Å²) in [6.07, 6.45) is 0.630. The number of nitrogens with zero attached hydrogens (tertiary/aromatic N) is 2. The van der Waals surface area contributed by atoms with E-state index in [1.807, 2.05) is 0 Å². The van der Waals surface area contributed by atoms with Gasteiger partial charge in [-0.2, -0.15) is 0 Å². The van der Waals surface area contributed by atoms with Crippen molar-refractivity contribution in [1.29, 1.82) is 0 Å². The molecule has 1 aromatic heterocycles. The van der Waals surface area contributed by atoms with Crippen LogP contribution in [0.3, 0.4) is 0 Å².